The van der Waals surface area contributed by atoms with Crippen molar-refractivity contribution in [1.82, 2.24) is 9.66 Å². The molecule has 0 saturated carbocycles. The summed E-state index contributed by atoms with van der Waals surface area (Å²) < 4.78 is 1.97. The molecule has 0 atom stereocenters. The van der Waals surface area contributed by atoms with Crippen LogP contribution in [-0.4, -0.2) is 28.1 Å². The van der Waals surface area contributed by atoms with Crippen LogP contribution in [0.15, 0.2) is 71.9 Å². The van der Waals surface area contributed by atoms with E-state index >= 15 is 0 Å². The number of phenols is 1. The van der Waals surface area contributed by atoms with Gasteiger partial charge in [-0.2, -0.15) is 5.26 Å². The number of benzene rings is 3. The van der Waals surface area contributed by atoms with Crippen molar-refractivity contribution in [1.29, 1.82) is 5.26 Å². The molecule has 3 aromatic carbocycles. The summed E-state index contributed by atoms with van der Waals surface area (Å²) in [5, 5.41) is 21.8. The van der Waals surface area contributed by atoms with Crippen molar-refractivity contribution < 1.29 is 5.11 Å². The van der Waals surface area contributed by atoms with Gasteiger partial charge >= 0.3 is 0 Å². The van der Waals surface area contributed by atoms with Gasteiger partial charge in [0.1, 0.15) is 12.1 Å². The van der Waals surface area contributed by atoms with Crippen LogP contribution >= 0.6 is 11.8 Å². The molecule has 6 heteroatoms. The van der Waals surface area contributed by atoms with Gasteiger partial charge in [-0.15, -0.1) is 11.8 Å². The number of hydrogen-bond donors (Lipinski definition) is 1. The highest BCUT2D eigenvalue weighted by atomic mass is 32.2. The van der Waals surface area contributed by atoms with E-state index in [1.165, 1.54) is 11.8 Å². The number of anilines is 1. The number of thioether (sulfide) groups is 1. The molecule has 0 aliphatic heterocycles. The fourth-order valence-electron chi connectivity index (χ4n) is 3.24. The molecule has 28 heavy (non-hydrogen) atoms. The number of imidazole rings is 1. The molecule has 0 amide bonds. The Kier molecular flexibility index (Phi) is 4.68. The molecule has 4 aromatic rings. The maximum atomic E-state index is 10.2. The third kappa shape index (κ3) is 3.06. The van der Waals surface area contributed by atoms with Crippen molar-refractivity contribution in [2.45, 2.75) is 4.90 Å². The lowest BCUT2D eigenvalue weighted by molar-refractivity contribution is 0.463. The van der Waals surface area contributed by atoms with Crippen molar-refractivity contribution in [3.8, 4) is 22.9 Å². The van der Waals surface area contributed by atoms with Gasteiger partial charge in [0.25, 0.3) is 0 Å². The van der Waals surface area contributed by atoms with Crippen LogP contribution < -0.4 is 5.01 Å². The van der Waals surface area contributed by atoms with Crippen LogP contribution in [0.2, 0.25) is 0 Å². The molecule has 1 N–H and O–H groups in total. The number of phenolic OH excluding ortho intramolecular Hbond substituents is 1. The number of aromatic nitrogens is 2. The molecular formula is C22H18N4OS. The number of rotatable bonds is 4. The Morgan fingerprint density at radius 3 is 2.68 bits per heavy atom. The van der Waals surface area contributed by atoms with Gasteiger partial charge in [0.15, 0.2) is 0 Å². The zero-order valence-corrected chi connectivity index (χ0v) is 16.3. The number of para-hydroxylation sites is 2. The van der Waals surface area contributed by atoms with Crippen molar-refractivity contribution >= 4 is 28.5 Å². The second-order valence-electron chi connectivity index (χ2n) is 6.33. The fourth-order valence-corrected chi connectivity index (χ4v) is 3.71. The van der Waals surface area contributed by atoms with E-state index in [0.29, 0.717) is 5.56 Å². The minimum atomic E-state index is 0.216. The van der Waals surface area contributed by atoms with Gasteiger partial charge in [-0.1, -0.05) is 18.2 Å². The quantitative estimate of drug-likeness (QED) is 0.505. The van der Waals surface area contributed by atoms with Crippen LogP contribution in [0.5, 0.6) is 5.75 Å². The third-order valence-electron chi connectivity index (χ3n) is 4.75. The highest BCUT2D eigenvalue weighted by Crippen LogP contribution is 2.34. The molecule has 0 saturated heterocycles. The maximum Gasteiger partial charge on any atom is 0.129 e. The Morgan fingerprint density at radius 2 is 1.93 bits per heavy atom. The molecule has 0 fully saturated rings. The molecule has 1 aromatic heterocycles. The first-order chi connectivity index (χ1) is 13.6. The van der Waals surface area contributed by atoms with Gasteiger partial charge in [0.2, 0.25) is 0 Å². The first-order valence-electron chi connectivity index (χ1n) is 8.70. The number of aromatic hydroxyl groups is 1. The van der Waals surface area contributed by atoms with Crippen LogP contribution in [0.1, 0.15) is 5.56 Å². The number of hydrogen-bond acceptors (Lipinski definition) is 5. The van der Waals surface area contributed by atoms with Gasteiger partial charge < -0.3 is 5.11 Å². The summed E-state index contributed by atoms with van der Waals surface area (Å²) in [5.41, 5.74) is 4.96. The summed E-state index contributed by atoms with van der Waals surface area (Å²) in [6.07, 6.45) is 3.70. The number of fused-ring (bicyclic) bond motifs is 1. The Bertz CT molecular complexity index is 1210. The molecule has 4 rings (SSSR count). The van der Waals surface area contributed by atoms with E-state index in [0.717, 1.165) is 32.7 Å². The molecular weight excluding hydrogens is 368 g/mol. The van der Waals surface area contributed by atoms with E-state index in [2.05, 4.69) is 11.1 Å². The monoisotopic (exact) mass is 386 g/mol. The summed E-state index contributed by atoms with van der Waals surface area (Å²) in [6.45, 7) is 0. The highest BCUT2D eigenvalue weighted by molar-refractivity contribution is 7.98. The van der Waals surface area contributed by atoms with E-state index in [4.69, 9.17) is 0 Å². The molecule has 0 radical (unpaired) electrons. The first-order valence-corrected chi connectivity index (χ1v) is 9.92. The Morgan fingerprint density at radius 1 is 1.11 bits per heavy atom. The average molecular weight is 386 g/mol. The van der Waals surface area contributed by atoms with Crippen molar-refractivity contribution in [2.75, 3.05) is 18.3 Å². The lowest BCUT2D eigenvalue weighted by Gasteiger charge is -2.22. The standard InChI is InChI=1S/C22H18N4OS/c1-25(26-14-24-19-5-3-4-6-20(19)26)17-9-7-16(13-23)18(12-17)15-8-10-22(28-2)21(27)11-15/h3-12,14,27H,1-2H3. The minimum absolute atomic E-state index is 0.216. The fraction of sp³-hybridized carbons (Fsp3) is 0.0909. The van der Waals surface area contributed by atoms with Crippen LogP contribution in [0.4, 0.5) is 5.69 Å². The predicted molar refractivity (Wildman–Crippen MR) is 114 cm³/mol. The smallest absolute Gasteiger partial charge is 0.129 e. The van der Waals surface area contributed by atoms with E-state index in [9.17, 15) is 10.4 Å². The van der Waals surface area contributed by atoms with Crippen molar-refractivity contribution in [3.63, 3.8) is 0 Å². The Labute approximate surface area is 167 Å². The topological polar surface area (TPSA) is 65.1 Å². The minimum Gasteiger partial charge on any atom is -0.507 e. The largest absolute Gasteiger partial charge is 0.507 e. The van der Waals surface area contributed by atoms with Crippen LogP contribution in [-0.2, 0) is 0 Å². The van der Waals surface area contributed by atoms with E-state index < -0.39 is 0 Å². The Balaban J connectivity index is 1.81. The predicted octanol–water partition coefficient (Wildman–Crippen LogP) is 4.90. The summed E-state index contributed by atoms with van der Waals surface area (Å²) in [5.74, 6) is 0.216. The van der Waals surface area contributed by atoms with Crippen molar-refractivity contribution in [3.05, 3.63) is 72.6 Å². The van der Waals surface area contributed by atoms with Gasteiger partial charge in [0.05, 0.1) is 28.4 Å². The van der Waals surface area contributed by atoms with Gasteiger partial charge in [0, 0.05) is 17.5 Å². The van der Waals surface area contributed by atoms with E-state index in [1.807, 2.05) is 71.5 Å². The third-order valence-corrected chi connectivity index (χ3v) is 5.53. The molecule has 138 valence electrons. The van der Waals surface area contributed by atoms with Crippen LogP contribution in [0, 0.1) is 11.3 Å². The van der Waals surface area contributed by atoms with Gasteiger partial charge in [-0.05, 0) is 54.3 Å². The second-order valence-corrected chi connectivity index (χ2v) is 7.18. The molecule has 0 spiro atoms. The molecule has 5 nitrogen and oxygen atoms in total. The molecule has 0 unspecified atom stereocenters. The Hall–Kier alpha value is -3.43. The normalized spacial score (nSPS) is 10.8. The molecule has 0 aliphatic rings. The SMILES string of the molecule is CSc1ccc(-c2cc(N(C)n3cnc4ccccc43)ccc2C#N)cc1O. The lowest BCUT2D eigenvalue weighted by Crippen LogP contribution is -2.23. The summed E-state index contributed by atoms with van der Waals surface area (Å²) in [6, 6.07) is 21.4. The first kappa shape index (κ1) is 18.0. The number of nitrogens with zero attached hydrogens (tertiary/aromatic N) is 4. The van der Waals surface area contributed by atoms with Gasteiger partial charge in [-0.25, -0.2) is 9.66 Å². The second kappa shape index (κ2) is 7.29. The summed E-state index contributed by atoms with van der Waals surface area (Å²) in [4.78, 5) is 5.25. The lowest BCUT2D eigenvalue weighted by atomic mass is 9.99. The summed E-state index contributed by atoms with van der Waals surface area (Å²) in [7, 11) is 1.95. The van der Waals surface area contributed by atoms with E-state index in [1.54, 1.807) is 18.5 Å². The van der Waals surface area contributed by atoms with Gasteiger partial charge in [-0.3, -0.25) is 5.01 Å². The van der Waals surface area contributed by atoms with Crippen LogP contribution in [0.25, 0.3) is 22.2 Å². The van der Waals surface area contributed by atoms with E-state index in [-0.39, 0.29) is 5.75 Å². The molecule has 0 bridgehead atoms. The van der Waals surface area contributed by atoms with Crippen LogP contribution in [0.3, 0.4) is 0 Å². The highest BCUT2D eigenvalue weighted by Gasteiger charge is 2.13. The molecule has 1 heterocycles. The summed E-state index contributed by atoms with van der Waals surface area (Å²) >= 11 is 1.48. The average Bonchev–Trinajstić information content (AvgIpc) is 3.17. The zero-order chi connectivity index (χ0) is 19.7. The number of nitriles is 1. The maximum absolute atomic E-state index is 10.2. The van der Waals surface area contributed by atoms with Crippen molar-refractivity contribution in [2.24, 2.45) is 0 Å². The molecule has 0 aliphatic carbocycles. The zero-order valence-electron chi connectivity index (χ0n) is 15.5.